The largest absolute Gasteiger partial charge is 0.377 e. The third-order valence-electron chi connectivity index (χ3n) is 3.33. The summed E-state index contributed by atoms with van der Waals surface area (Å²) in [4.78, 5) is 16.5. The maximum absolute atomic E-state index is 13.7. The van der Waals surface area contributed by atoms with Crippen LogP contribution in [0.4, 0.5) is 10.1 Å². The number of hydrogen-bond acceptors (Lipinski definition) is 3. The minimum absolute atomic E-state index is 0.165. The van der Waals surface area contributed by atoms with E-state index in [1.54, 1.807) is 24.4 Å². The zero-order valence-electron chi connectivity index (χ0n) is 11.8. The first-order valence-corrected chi connectivity index (χ1v) is 7.09. The second kappa shape index (κ2) is 5.77. The number of anilines is 1. The Morgan fingerprint density at radius 3 is 2.91 bits per heavy atom. The molecule has 0 unspecified atom stereocenters. The second-order valence-electron chi connectivity index (χ2n) is 4.95. The van der Waals surface area contributed by atoms with Crippen LogP contribution in [0.25, 0.3) is 5.65 Å². The van der Waals surface area contributed by atoms with Gasteiger partial charge in [0.05, 0.1) is 17.9 Å². The number of rotatable bonds is 3. The maximum atomic E-state index is 13.7. The van der Waals surface area contributed by atoms with Crippen molar-refractivity contribution in [2.75, 3.05) is 5.32 Å². The first kappa shape index (κ1) is 14.5. The van der Waals surface area contributed by atoms with Crippen molar-refractivity contribution in [3.63, 3.8) is 0 Å². The Morgan fingerprint density at radius 1 is 1.32 bits per heavy atom. The van der Waals surface area contributed by atoms with Crippen LogP contribution in [0.3, 0.4) is 0 Å². The molecule has 0 aliphatic carbocycles. The lowest BCUT2D eigenvalue weighted by molar-refractivity contribution is 0.630. The van der Waals surface area contributed by atoms with Crippen LogP contribution in [0.1, 0.15) is 11.3 Å². The Kier molecular flexibility index (Phi) is 3.81. The van der Waals surface area contributed by atoms with Crippen LogP contribution in [-0.4, -0.2) is 9.38 Å². The van der Waals surface area contributed by atoms with E-state index in [4.69, 9.17) is 11.6 Å². The number of aromatic nitrogens is 2. The highest BCUT2D eigenvalue weighted by Gasteiger charge is 2.06. The maximum Gasteiger partial charge on any atom is 0.258 e. The standard InChI is InChI=1S/C16H13ClFN3O/c1-10-3-2-6-21-15(22)8-12(20-16(10)21)9-19-14-5-4-11(17)7-13(14)18/h2-8,19H,9H2,1H3. The van der Waals surface area contributed by atoms with Gasteiger partial charge >= 0.3 is 0 Å². The monoisotopic (exact) mass is 317 g/mol. The van der Waals surface area contributed by atoms with Gasteiger partial charge in [-0.3, -0.25) is 9.20 Å². The minimum Gasteiger partial charge on any atom is -0.377 e. The van der Waals surface area contributed by atoms with Crippen molar-refractivity contribution in [3.05, 3.63) is 75.0 Å². The molecule has 0 saturated heterocycles. The van der Waals surface area contributed by atoms with E-state index in [9.17, 15) is 9.18 Å². The van der Waals surface area contributed by atoms with Gasteiger partial charge in [-0.15, -0.1) is 0 Å². The van der Waals surface area contributed by atoms with Gasteiger partial charge in [0.25, 0.3) is 5.56 Å². The lowest BCUT2D eigenvalue weighted by Crippen LogP contribution is -2.17. The fourth-order valence-electron chi connectivity index (χ4n) is 2.22. The average molecular weight is 318 g/mol. The van der Waals surface area contributed by atoms with E-state index in [0.29, 0.717) is 22.1 Å². The van der Waals surface area contributed by atoms with E-state index in [-0.39, 0.29) is 12.1 Å². The number of fused-ring (bicyclic) bond motifs is 1. The lowest BCUT2D eigenvalue weighted by atomic mass is 10.2. The van der Waals surface area contributed by atoms with E-state index < -0.39 is 5.82 Å². The van der Waals surface area contributed by atoms with Crippen LogP contribution in [0.2, 0.25) is 5.02 Å². The van der Waals surface area contributed by atoms with Gasteiger partial charge in [0.2, 0.25) is 0 Å². The highest BCUT2D eigenvalue weighted by molar-refractivity contribution is 6.30. The second-order valence-corrected chi connectivity index (χ2v) is 5.38. The summed E-state index contributed by atoms with van der Waals surface area (Å²) < 4.78 is 15.2. The molecule has 1 aromatic carbocycles. The van der Waals surface area contributed by atoms with E-state index in [1.165, 1.54) is 16.5 Å². The van der Waals surface area contributed by atoms with E-state index in [1.807, 2.05) is 13.0 Å². The number of hydrogen-bond donors (Lipinski definition) is 1. The molecule has 0 aliphatic heterocycles. The van der Waals surface area contributed by atoms with Gasteiger partial charge in [0, 0.05) is 17.3 Å². The summed E-state index contributed by atoms with van der Waals surface area (Å²) in [7, 11) is 0. The molecule has 0 radical (unpaired) electrons. The molecule has 3 rings (SSSR count). The van der Waals surface area contributed by atoms with Crippen molar-refractivity contribution in [3.8, 4) is 0 Å². The van der Waals surface area contributed by atoms with Gasteiger partial charge in [-0.05, 0) is 36.8 Å². The topological polar surface area (TPSA) is 46.4 Å². The molecule has 112 valence electrons. The van der Waals surface area contributed by atoms with Crippen LogP contribution in [-0.2, 0) is 6.54 Å². The Bertz CT molecular complexity index is 908. The van der Waals surface area contributed by atoms with Crippen LogP contribution >= 0.6 is 11.6 Å². The Morgan fingerprint density at radius 2 is 2.14 bits per heavy atom. The molecule has 0 fully saturated rings. The molecular formula is C16H13ClFN3O. The SMILES string of the molecule is Cc1cccn2c(=O)cc(CNc3ccc(Cl)cc3F)nc12. The minimum atomic E-state index is -0.443. The number of halogens is 2. The van der Waals surface area contributed by atoms with Crippen molar-refractivity contribution in [2.24, 2.45) is 0 Å². The smallest absolute Gasteiger partial charge is 0.258 e. The number of nitrogens with zero attached hydrogens (tertiary/aromatic N) is 2. The molecule has 1 N–H and O–H groups in total. The average Bonchev–Trinajstić information content (AvgIpc) is 2.47. The van der Waals surface area contributed by atoms with Gasteiger partial charge in [-0.25, -0.2) is 9.37 Å². The molecular weight excluding hydrogens is 305 g/mol. The number of benzene rings is 1. The molecule has 3 aromatic rings. The molecule has 0 spiro atoms. The molecule has 0 amide bonds. The number of pyridine rings is 1. The first-order valence-electron chi connectivity index (χ1n) is 6.71. The quantitative estimate of drug-likeness (QED) is 0.805. The summed E-state index contributed by atoms with van der Waals surface area (Å²) in [6, 6.07) is 9.50. The summed E-state index contributed by atoms with van der Waals surface area (Å²) in [5.74, 6) is -0.443. The van der Waals surface area contributed by atoms with Crippen LogP contribution in [0.5, 0.6) is 0 Å². The highest BCUT2D eigenvalue weighted by atomic mass is 35.5. The number of nitrogens with one attached hydrogen (secondary N) is 1. The summed E-state index contributed by atoms with van der Waals surface area (Å²) in [5.41, 5.74) is 2.20. The normalized spacial score (nSPS) is 10.9. The molecule has 2 heterocycles. The van der Waals surface area contributed by atoms with E-state index >= 15 is 0 Å². The summed E-state index contributed by atoms with van der Waals surface area (Å²) in [6.45, 7) is 2.14. The van der Waals surface area contributed by atoms with Crippen molar-refractivity contribution >= 4 is 22.9 Å². The fourth-order valence-corrected chi connectivity index (χ4v) is 2.38. The zero-order chi connectivity index (χ0) is 15.7. The van der Waals surface area contributed by atoms with Crippen LogP contribution in [0, 0.1) is 12.7 Å². The van der Waals surface area contributed by atoms with Crippen LogP contribution < -0.4 is 10.9 Å². The Balaban J connectivity index is 1.91. The predicted octanol–water partition coefficient (Wildman–Crippen LogP) is 3.41. The van der Waals surface area contributed by atoms with Crippen molar-refractivity contribution in [1.29, 1.82) is 0 Å². The third kappa shape index (κ3) is 2.80. The molecule has 2 aromatic heterocycles. The number of aryl methyl sites for hydroxylation is 1. The van der Waals surface area contributed by atoms with Crippen molar-refractivity contribution in [1.82, 2.24) is 9.38 Å². The molecule has 0 aliphatic rings. The van der Waals surface area contributed by atoms with Gasteiger partial charge in [-0.2, -0.15) is 0 Å². The van der Waals surface area contributed by atoms with Gasteiger partial charge in [0.1, 0.15) is 11.5 Å². The zero-order valence-corrected chi connectivity index (χ0v) is 12.6. The van der Waals surface area contributed by atoms with Gasteiger partial charge < -0.3 is 5.32 Å². The van der Waals surface area contributed by atoms with E-state index in [0.717, 1.165) is 5.56 Å². The molecule has 0 bridgehead atoms. The predicted molar refractivity (Wildman–Crippen MR) is 84.9 cm³/mol. The third-order valence-corrected chi connectivity index (χ3v) is 3.57. The van der Waals surface area contributed by atoms with Crippen molar-refractivity contribution < 1.29 is 4.39 Å². The summed E-state index contributed by atoms with van der Waals surface area (Å²) >= 11 is 5.71. The first-order chi connectivity index (χ1) is 10.5. The fraction of sp³-hybridized carbons (Fsp3) is 0.125. The summed E-state index contributed by atoms with van der Waals surface area (Å²) in [5, 5.41) is 3.26. The molecule has 6 heteroatoms. The Hall–Kier alpha value is -2.40. The molecule has 22 heavy (non-hydrogen) atoms. The van der Waals surface area contributed by atoms with Crippen LogP contribution in [0.15, 0.2) is 47.4 Å². The van der Waals surface area contributed by atoms with E-state index in [2.05, 4.69) is 10.3 Å². The summed E-state index contributed by atoms with van der Waals surface area (Å²) in [6.07, 6.45) is 1.67. The van der Waals surface area contributed by atoms with Gasteiger partial charge in [-0.1, -0.05) is 17.7 Å². The Labute approximate surface area is 131 Å². The lowest BCUT2D eigenvalue weighted by Gasteiger charge is -2.09. The molecule has 4 nitrogen and oxygen atoms in total. The molecule has 0 atom stereocenters. The highest BCUT2D eigenvalue weighted by Crippen LogP contribution is 2.19. The molecule has 0 saturated carbocycles. The van der Waals surface area contributed by atoms with Crippen molar-refractivity contribution in [2.45, 2.75) is 13.5 Å². The van der Waals surface area contributed by atoms with Gasteiger partial charge in [0.15, 0.2) is 0 Å².